The molecule has 0 aliphatic rings. The number of aryl methyl sites for hydroxylation is 1. The van der Waals surface area contributed by atoms with E-state index in [0.29, 0.717) is 11.5 Å². The van der Waals surface area contributed by atoms with Crippen LogP contribution in [0.5, 0.6) is 0 Å². The van der Waals surface area contributed by atoms with Crippen LogP contribution in [0.25, 0.3) is 0 Å². The van der Waals surface area contributed by atoms with Gasteiger partial charge < -0.3 is 10.6 Å². The van der Waals surface area contributed by atoms with E-state index in [9.17, 15) is 0 Å². The van der Waals surface area contributed by atoms with Gasteiger partial charge in [0.25, 0.3) is 0 Å². The molecule has 1 aromatic heterocycles. The van der Waals surface area contributed by atoms with Gasteiger partial charge in [0.05, 0.1) is 11.6 Å². The summed E-state index contributed by atoms with van der Waals surface area (Å²) in [5.74, 6) is 1.38. The molecular formula is C16H19N5. The van der Waals surface area contributed by atoms with Gasteiger partial charge in [-0.3, -0.25) is 0 Å². The fraction of sp³-hybridized carbons (Fsp3) is 0.312. The van der Waals surface area contributed by atoms with Crippen LogP contribution in [0.2, 0.25) is 0 Å². The Morgan fingerprint density at radius 3 is 2.62 bits per heavy atom. The molecule has 5 heteroatoms. The van der Waals surface area contributed by atoms with Crippen LogP contribution in [0.1, 0.15) is 31.0 Å². The van der Waals surface area contributed by atoms with E-state index in [1.165, 1.54) is 0 Å². The quantitative estimate of drug-likeness (QED) is 0.791. The van der Waals surface area contributed by atoms with Crippen LogP contribution in [0.4, 0.5) is 17.5 Å². The van der Waals surface area contributed by atoms with Gasteiger partial charge in [-0.05, 0) is 37.6 Å². The van der Waals surface area contributed by atoms with Gasteiger partial charge >= 0.3 is 0 Å². The standard InChI is InChI=1S/C16H19N5/c1-3-4-9-18-15-10-12(2)19-16(21-15)20-14-7-5-13(11-17)6-8-14/h5-8,10H,3-4,9H2,1-2H3,(H2,18,19,20,21). The van der Waals surface area contributed by atoms with Crippen molar-refractivity contribution in [2.75, 3.05) is 17.2 Å². The molecule has 1 heterocycles. The smallest absolute Gasteiger partial charge is 0.229 e. The van der Waals surface area contributed by atoms with Crippen molar-refractivity contribution in [1.82, 2.24) is 9.97 Å². The minimum atomic E-state index is 0.554. The molecule has 0 bridgehead atoms. The second-order valence-corrected chi connectivity index (χ2v) is 4.81. The van der Waals surface area contributed by atoms with Crippen molar-refractivity contribution < 1.29 is 0 Å². The zero-order valence-electron chi connectivity index (χ0n) is 12.3. The summed E-state index contributed by atoms with van der Waals surface area (Å²) in [7, 11) is 0. The molecule has 0 aliphatic carbocycles. The first-order valence-electron chi connectivity index (χ1n) is 7.08. The highest BCUT2D eigenvalue weighted by Gasteiger charge is 2.03. The van der Waals surface area contributed by atoms with Gasteiger partial charge in [0.15, 0.2) is 0 Å². The highest BCUT2D eigenvalue weighted by atomic mass is 15.1. The van der Waals surface area contributed by atoms with E-state index in [0.717, 1.165) is 36.6 Å². The second-order valence-electron chi connectivity index (χ2n) is 4.81. The van der Waals surface area contributed by atoms with Crippen molar-refractivity contribution in [3.63, 3.8) is 0 Å². The van der Waals surface area contributed by atoms with Crippen molar-refractivity contribution in [3.8, 4) is 6.07 Å². The van der Waals surface area contributed by atoms with E-state index in [1.54, 1.807) is 12.1 Å². The molecule has 1 aromatic carbocycles. The van der Waals surface area contributed by atoms with Gasteiger partial charge in [0.2, 0.25) is 5.95 Å². The normalized spacial score (nSPS) is 9.95. The summed E-state index contributed by atoms with van der Waals surface area (Å²) in [5.41, 5.74) is 2.40. The number of aromatic nitrogens is 2. The Labute approximate surface area is 125 Å². The number of unbranched alkanes of at least 4 members (excludes halogenated alkanes) is 1. The monoisotopic (exact) mass is 281 g/mol. The number of nitrogens with zero attached hydrogens (tertiary/aromatic N) is 3. The summed E-state index contributed by atoms with van der Waals surface area (Å²) in [5, 5.41) is 15.2. The molecule has 0 atom stereocenters. The fourth-order valence-electron chi connectivity index (χ4n) is 1.87. The van der Waals surface area contributed by atoms with E-state index in [-0.39, 0.29) is 0 Å². The highest BCUT2D eigenvalue weighted by Crippen LogP contribution is 2.16. The van der Waals surface area contributed by atoms with Crippen molar-refractivity contribution in [2.24, 2.45) is 0 Å². The summed E-state index contributed by atoms with van der Waals surface area (Å²) in [4.78, 5) is 8.82. The summed E-state index contributed by atoms with van der Waals surface area (Å²) in [6.07, 6.45) is 2.26. The van der Waals surface area contributed by atoms with E-state index >= 15 is 0 Å². The van der Waals surface area contributed by atoms with Gasteiger partial charge in [-0.2, -0.15) is 10.2 Å². The number of nitrogens with one attached hydrogen (secondary N) is 2. The summed E-state index contributed by atoms with van der Waals surface area (Å²) >= 11 is 0. The molecular weight excluding hydrogens is 262 g/mol. The summed E-state index contributed by atoms with van der Waals surface area (Å²) in [6, 6.07) is 11.2. The number of rotatable bonds is 6. The maximum absolute atomic E-state index is 8.79. The van der Waals surface area contributed by atoms with E-state index < -0.39 is 0 Å². The lowest BCUT2D eigenvalue weighted by Crippen LogP contribution is -2.06. The zero-order valence-corrected chi connectivity index (χ0v) is 12.3. The lowest BCUT2D eigenvalue weighted by atomic mass is 10.2. The minimum Gasteiger partial charge on any atom is -0.370 e. The third-order valence-electron chi connectivity index (χ3n) is 2.96. The van der Waals surface area contributed by atoms with Gasteiger partial charge in [-0.15, -0.1) is 0 Å². The second kappa shape index (κ2) is 7.25. The zero-order chi connectivity index (χ0) is 15.1. The van der Waals surface area contributed by atoms with Crippen molar-refractivity contribution in [2.45, 2.75) is 26.7 Å². The highest BCUT2D eigenvalue weighted by molar-refractivity contribution is 5.56. The molecule has 2 N–H and O–H groups in total. The molecule has 21 heavy (non-hydrogen) atoms. The van der Waals surface area contributed by atoms with E-state index in [1.807, 2.05) is 25.1 Å². The molecule has 0 fully saturated rings. The van der Waals surface area contributed by atoms with Crippen LogP contribution >= 0.6 is 0 Å². The Bertz CT molecular complexity index is 628. The van der Waals surface area contributed by atoms with Gasteiger partial charge in [-0.1, -0.05) is 13.3 Å². The first-order valence-corrected chi connectivity index (χ1v) is 7.08. The molecule has 108 valence electrons. The maximum Gasteiger partial charge on any atom is 0.229 e. The summed E-state index contributed by atoms with van der Waals surface area (Å²) in [6.45, 7) is 5.00. The summed E-state index contributed by atoms with van der Waals surface area (Å²) < 4.78 is 0. The third kappa shape index (κ3) is 4.46. The topological polar surface area (TPSA) is 73.6 Å². The number of hydrogen-bond acceptors (Lipinski definition) is 5. The number of benzene rings is 1. The molecule has 0 aliphatic heterocycles. The number of hydrogen-bond donors (Lipinski definition) is 2. The average Bonchev–Trinajstić information content (AvgIpc) is 2.48. The number of nitriles is 1. The van der Waals surface area contributed by atoms with Crippen molar-refractivity contribution in [1.29, 1.82) is 5.26 Å². The Morgan fingerprint density at radius 2 is 1.95 bits per heavy atom. The first kappa shape index (κ1) is 14.8. The predicted molar refractivity (Wildman–Crippen MR) is 84.6 cm³/mol. The van der Waals surface area contributed by atoms with Gasteiger partial charge in [0.1, 0.15) is 5.82 Å². The van der Waals surface area contributed by atoms with E-state index in [4.69, 9.17) is 5.26 Å². The first-order chi connectivity index (χ1) is 10.2. The Kier molecular flexibility index (Phi) is 5.10. The van der Waals surface area contributed by atoms with Crippen LogP contribution in [0.3, 0.4) is 0 Å². The van der Waals surface area contributed by atoms with Crippen LogP contribution < -0.4 is 10.6 Å². The van der Waals surface area contributed by atoms with Crippen molar-refractivity contribution >= 4 is 17.5 Å². The average molecular weight is 281 g/mol. The molecule has 0 unspecified atom stereocenters. The molecule has 2 aromatic rings. The van der Waals surface area contributed by atoms with Crippen LogP contribution in [-0.2, 0) is 0 Å². The van der Waals surface area contributed by atoms with Gasteiger partial charge in [-0.25, -0.2) is 4.98 Å². The minimum absolute atomic E-state index is 0.554. The lowest BCUT2D eigenvalue weighted by Gasteiger charge is -2.09. The molecule has 5 nitrogen and oxygen atoms in total. The SMILES string of the molecule is CCCCNc1cc(C)nc(Nc2ccc(C#N)cc2)n1. The molecule has 2 rings (SSSR count). The molecule has 0 saturated heterocycles. The Morgan fingerprint density at radius 1 is 1.19 bits per heavy atom. The number of anilines is 3. The maximum atomic E-state index is 8.79. The fourth-order valence-corrected chi connectivity index (χ4v) is 1.87. The molecule has 0 spiro atoms. The molecule has 0 radical (unpaired) electrons. The van der Waals surface area contributed by atoms with Gasteiger partial charge in [0, 0.05) is 24.0 Å². The van der Waals surface area contributed by atoms with Crippen LogP contribution in [-0.4, -0.2) is 16.5 Å². The van der Waals surface area contributed by atoms with E-state index in [2.05, 4.69) is 33.6 Å². The largest absolute Gasteiger partial charge is 0.370 e. The van der Waals surface area contributed by atoms with Crippen molar-refractivity contribution in [3.05, 3.63) is 41.6 Å². The Balaban J connectivity index is 2.09. The Hall–Kier alpha value is -2.61. The third-order valence-corrected chi connectivity index (χ3v) is 2.96. The molecule has 0 saturated carbocycles. The lowest BCUT2D eigenvalue weighted by molar-refractivity contribution is 0.830. The van der Waals surface area contributed by atoms with Crippen LogP contribution in [0, 0.1) is 18.3 Å². The predicted octanol–water partition coefficient (Wildman–Crippen LogP) is 3.61. The molecule has 0 amide bonds. The van der Waals surface area contributed by atoms with Crippen LogP contribution in [0.15, 0.2) is 30.3 Å².